The molecule has 2 atom stereocenters. The van der Waals surface area contributed by atoms with Gasteiger partial charge in [0.1, 0.15) is 5.82 Å². The highest BCUT2D eigenvalue weighted by Crippen LogP contribution is 2.41. The van der Waals surface area contributed by atoms with Gasteiger partial charge < -0.3 is 0 Å². The second kappa shape index (κ2) is 7.75. The second-order valence-corrected chi connectivity index (χ2v) is 9.17. The number of rotatable bonds is 3. The fourth-order valence-electron chi connectivity index (χ4n) is 4.37. The molecule has 1 aliphatic heterocycles. The average molecular weight is 465 g/mol. The fraction of sp³-hybridized carbons (Fsp3) is 0.350. The van der Waals surface area contributed by atoms with Gasteiger partial charge in [0, 0.05) is 5.69 Å². The Bertz CT molecular complexity index is 1230. The van der Waals surface area contributed by atoms with Gasteiger partial charge >= 0.3 is 12.2 Å². The molecular formula is C20H18F3N5O3S. The van der Waals surface area contributed by atoms with Gasteiger partial charge in [-0.2, -0.15) is 18.4 Å². The third-order valence-corrected chi connectivity index (χ3v) is 6.53. The number of aromatic nitrogens is 1. The van der Waals surface area contributed by atoms with Gasteiger partial charge in [-0.3, -0.25) is 9.80 Å². The molecule has 2 amide bonds. The minimum atomic E-state index is -4.76. The van der Waals surface area contributed by atoms with Crippen LogP contribution in [0.15, 0.2) is 41.4 Å². The maximum absolute atomic E-state index is 13.5. The van der Waals surface area contributed by atoms with E-state index >= 15 is 0 Å². The number of nitriles is 1. The van der Waals surface area contributed by atoms with Crippen molar-refractivity contribution in [2.45, 2.75) is 49.0 Å². The van der Waals surface area contributed by atoms with E-state index in [1.54, 1.807) is 0 Å². The van der Waals surface area contributed by atoms with E-state index in [0.717, 1.165) is 25.0 Å². The van der Waals surface area contributed by atoms with Crippen LogP contribution in [0.5, 0.6) is 0 Å². The Morgan fingerprint density at radius 1 is 1.09 bits per heavy atom. The molecule has 1 aromatic heterocycles. The molecule has 0 spiro atoms. The molecule has 1 saturated heterocycles. The van der Waals surface area contributed by atoms with Gasteiger partial charge in [-0.05, 0) is 43.2 Å². The number of hydrogen-bond acceptors (Lipinski definition) is 5. The highest BCUT2D eigenvalue weighted by molar-refractivity contribution is 7.89. The molecule has 2 aromatic rings. The van der Waals surface area contributed by atoms with E-state index in [9.17, 15) is 26.4 Å². The number of nitrogens with zero attached hydrogens (tertiary/aromatic N) is 4. The van der Waals surface area contributed by atoms with Gasteiger partial charge in [0.2, 0.25) is 0 Å². The molecule has 1 saturated carbocycles. The van der Waals surface area contributed by atoms with Crippen molar-refractivity contribution in [3.05, 3.63) is 47.5 Å². The largest absolute Gasteiger partial charge is 0.417 e. The summed E-state index contributed by atoms with van der Waals surface area (Å²) < 4.78 is 63.9. The first kappa shape index (κ1) is 22.0. The first-order chi connectivity index (χ1) is 15.0. The molecule has 0 unspecified atom stereocenters. The van der Waals surface area contributed by atoms with Crippen LogP contribution in [-0.4, -0.2) is 31.5 Å². The summed E-state index contributed by atoms with van der Waals surface area (Å²) in [5.74, 6) is 0.0608. The van der Waals surface area contributed by atoms with Crippen LogP contribution in [0, 0.1) is 11.3 Å². The summed E-state index contributed by atoms with van der Waals surface area (Å²) in [5, 5.41) is 13.8. The first-order valence-corrected chi connectivity index (χ1v) is 11.3. The van der Waals surface area contributed by atoms with Crippen molar-refractivity contribution in [1.29, 1.82) is 5.26 Å². The second-order valence-electron chi connectivity index (χ2n) is 7.66. The van der Waals surface area contributed by atoms with Crippen LogP contribution in [-0.2, 0) is 16.2 Å². The van der Waals surface area contributed by atoms with Crippen LogP contribution >= 0.6 is 0 Å². The molecule has 12 heteroatoms. The zero-order chi connectivity index (χ0) is 23.3. The molecule has 0 radical (unpaired) electrons. The predicted molar refractivity (Wildman–Crippen MR) is 108 cm³/mol. The third kappa shape index (κ3) is 3.78. The number of pyridine rings is 1. The highest BCUT2D eigenvalue weighted by atomic mass is 32.2. The minimum Gasteiger partial charge on any atom is -0.289 e. The molecule has 0 bridgehead atoms. The maximum atomic E-state index is 13.5. The molecule has 2 N–H and O–H groups in total. The molecule has 1 aromatic carbocycles. The van der Waals surface area contributed by atoms with Crippen LogP contribution in [0.3, 0.4) is 0 Å². The number of halogens is 3. The zero-order valence-electron chi connectivity index (χ0n) is 16.6. The maximum Gasteiger partial charge on any atom is 0.417 e. The van der Waals surface area contributed by atoms with E-state index in [2.05, 4.69) is 4.98 Å². The standard InChI is InChI=1S/C20H18F3N5O3S/c21-20(22,23)14-10-13(9-8-12(14)11-24)27-15-4-1-2-5-16(15)28(19(27)29)17-6-3-7-18(26-17)32(25,30)31/h3,6-10,15-16H,1-2,4-5H2,(H2,25,30,31)/t15-,16-/m1/s1. The predicted octanol–water partition coefficient (Wildman–Crippen LogP) is 3.38. The van der Waals surface area contributed by atoms with Crippen molar-refractivity contribution < 1.29 is 26.4 Å². The average Bonchev–Trinajstić information content (AvgIpc) is 3.04. The Labute approximate surface area is 182 Å². The molecule has 2 fully saturated rings. The van der Waals surface area contributed by atoms with Crippen molar-refractivity contribution >= 4 is 27.6 Å². The number of anilines is 2. The summed E-state index contributed by atoms with van der Waals surface area (Å²) in [6.45, 7) is 0. The van der Waals surface area contributed by atoms with Crippen LogP contribution in [0.25, 0.3) is 0 Å². The molecule has 32 heavy (non-hydrogen) atoms. The number of primary sulfonamides is 1. The summed E-state index contributed by atoms with van der Waals surface area (Å²) in [4.78, 5) is 20.1. The topological polar surface area (TPSA) is 120 Å². The Morgan fingerprint density at radius 2 is 1.75 bits per heavy atom. The SMILES string of the molecule is N#Cc1ccc(N2C(=O)N(c3cccc(S(N)(=O)=O)n3)[C@@H]3CCCC[C@H]32)cc1C(F)(F)F. The number of carbonyl (C=O) groups is 1. The third-order valence-electron chi connectivity index (χ3n) is 5.72. The number of fused-ring (bicyclic) bond motifs is 1. The molecule has 2 heterocycles. The minimum absolute atomic E-state index is 0.0170. The normalized spacial score (nSPS) is 21.4. The lowest BCUT2D eigenvalue weighted by atomic mass is 9.90. The van der Waals surface area contributed by atoms with E-state index in [0.29, 0.717) is 12.8 Å². The van der Waals surface area contributed by atoms with E-state index in [1.165, 1.54) is 40.1 Å². The monoisotopic (exact) mass is 465 g/mol. The summed E-state index contributed by atoms with van der Waals surface area (Å²) >= 11 is 0. The van der Waals surface area contributed by atoms with Crippen molar-refractivity contribution in [1.82, 2.24) is 4.98 Å². The molecule has 1 aliphatic carbocycles. The van der Waals surface area contributed by atoms with Gasteiger partial charge in [-0.1, -0.05) is 18.9 Å². The lowest BCUT2D eigenvalue weighted by molar-refractivity contribution is -0.137. The molecule has 8 nitrogen and oxygen atoms in total. The van der Waals surface area contributed by atoms with Crippen LogP contribution in [0.1, 0.15) is 36.8 Å². The number of amides is 2. The Kier molecular flexibility index (Phi) is 5.34. The van der Waals surface area contributed by atoms with E-state index in [4.69, 9.17) is 10.4 Å². The first-order valence-electron chi connectivity index (χ1n) is 9.76. The molecule has 4 rings (SSSR count). The van der Waals surface area contributed by atoms with Gasteiger partial charge in [-0.25, -0.2) is 23.3 Å². The Balaban J connectivity index is 1.81. The smallest absolute Gasteiger partial charge is 0.289 e. The number of urea groups is 1. The quantitative estimate of drug-likeness (QED) is 0.745. The summed E-state index contributed by atoms with van der Waals surface area (Å²) in [6.07, 6.45) is -2.04. The molecular weight excluding hydrogens is 447 g/mol. The zero-order valence-corrected chi connectivity index (χ0v) is 17.4. The lowest BCUT2D eigenvalue weighted by Gasteiger charge is -2.31. The summed E-state index contributed by atoms with van der Waals surface area (Å²) in [6, 6.07) is 7.32. The number of benzene rings is 1. The van der Waals surface area contributed by atoms with Crippen LogP contribution in [0.2, 0.25) is 0 Å². The van der Waals surface area contributed by atoms with Gasteiger partial charge in [0.15, 0.2) is 5.03 Å². The van der Waals surface area contributed by atoms with Crippen molar-refractivity contribution in [3.8, 4) is 6.07 Å². The van der Waals surface area contributed by atoms with Gasteiger partial charge in [-0.15, -0.1) is 0 Å². The highest BCUT2D eigenvalue weighted by Gasteiger charge is 2.49. The van der Waals surface area contributed by atoms with E-state index in [1.807, 2.05) is 0 Å². The molecule has 2 aliphatic rings. The Morgan fingerprint density at radius 3 is 2.34 bits per heavy atom. The summed E-state index contributed by atoms with van der Waals surface area (Å²) in [5.41, 5.74) is -1.64. The van der Waals surface area contributed by atoms with Crippen molar-refractivity contribution in [3.63, 3.8) is 0 Å². The van der Waals surface area contributed by atoms with Crippen molar-refractivity contribution in [2.75, 3.05) is 9.80 Å². The van der Waals surface area contributed by atoms with Crippen LogP contribution in [0.4, 0.5) is 29.5 Å². The van der Waals surface area contributed by atoms with Gasteiger partial charge in [0.25, 0.3) is 10.0 Å². The number of carbonyl (C=O) groups excluding carboxylic acids is 1. The van der Waals surface area contributed by atoms with E-state index < -0.39 is 50.5 Å². The van der Waals surface area contributed by atoms with Crippen LogP contribution < -0.4 is 14.9 Å². The Hall–Kier alpha value is -3.17. The van der Waals surface area contributed by atoms with E-state index in [-0.39, 0.29) is 11.5 Å². The number of sulfonamides is 1. The molecule has 168 valence electrons. The number of nitrogens with two attached hydrogens (primary N) is 1. The van der Waals surface area contributed by atoms with Gasteiger partial charge in [0.05, 0.1) is 29.3 Å². The van der Waals surface area contributed by atoms with Crippen molar-refractivity contribution in [2.24, 2.45) is 5.14 Å². The summed E-state index contributed by atoms with van der Waals surface area (Å²) in [7, 11) is -4.12. The lowest BCUT2D eigenvalue weighted by Crippen LogP contribution is -2.40. The fourth-order valence-corrected chi connectivity index (χ4v) is 4.86. The number of alkyl halides is 3. The number of hydrogen-bond donors (Lipinski definition) is 1.